The molecule has 1 unspecified atom stereocenters. The van der Waals surface area contributed by atoms with E-state index >= 15 is 0 Å². The largest absolute Gasteiger partial charge is 0.495 e. The molecule has 0 bridgehead atoms. The molecule has 0 aromatic heterocycles. The van der Waals surface area contributed by atoms with Crippen molar-refractivity contribution < 1.29 is 9.47 Å². The summed E-state index contributed by atoms with van der Waals surface area (Å²) >= 11 is 12.6. The van der Waals surface area contributed by atoms with Gasteiger partial charge in [-0.15, -0.1) is 0 Å². The van der Waals surface area contributed by atoms with Crippen LogP contribution >= 0.6 is 23.2 Å². The molecule has 0 radical (unpaired) electrons. The van der Waals surface area contributed by atoms with Gasteiger partial charge in [-0.05, 0) is 30.2 Å². The van der Waals surface area contributed by atoms with Crippen molar-refractivity contribution in [2.24, 2.45) is 5.73 Å². The molecular formula is C16H17Cl2NO2. The maximum absolute atomic E-state index is 6.36. The summed E-state index contributed by atoms with van der Waals surface area (Å²) in [7, 11) is 3.10. The number of methoxy groups -OCH3 is 2. The molecule has 0 aliphatic rings. The van der Waals surface area contributed by atoms with E-state index in [0.717, 1.165) is 16.7 Å². The summed E-state index contributed by atoms with van der Waals surface area (Å²) in [5, 5.41) is 1.05. The molecule has 2 N–H and O–H groups in total. The van der Waals surface area contributed by atoms with Gasteiger partial charge in [0, 0.05) is 10.6 Å². The van der Waals surface area contributed by atoms with E-state index in [1.165, 1.54) is 0 Å². The van der Waals surface area contributed by atoms with Crippen LogP contribution in [0.25, 0.3) is 0 Å². The molecule has 0 saturated heterocycles. The maximum Gasteiger partial charge on any atom is 0.146 e. The van der Waals surface area contributed by atoms with Crippen molar-refractivity contribution >= 4 is 23.2 Å². The monoisotopic (exact) mass is 325 g/mol. The number of aryl methyl sites for hydroxylation is 1. The van der Waals surface area contributed by atoms with Crippen LogP contribution in [0.5, 0.6) is 11.5 Å². The van der Waals surface area contributed by atoms with E-state index in [1.807, 2.05) is 31.2 Å². The van der Waals surface area contributed by atoms with E-state index in [0.29, 0.717) is 21.5 Å². The Balaban J connectivity index is 2.56. The van der Waals surface area contributed by atoms with Crippen LogP contribution < -0.4 is 15.2 Å². The first-order valence-corrected chi connectivity index (χ1v) is 7.17. The van der Waals surface area contributed by atoms with Crippen LogP contribution in [0.1, 0.15) is 22.7 Å². The molecule has 112 valence electrons. The Kier molecular flexibility index (Phi) is 4.99. The van der Waals surface area contributed by atoms with Gasteiger partial charge in [-0.25, -0.2) is 0 Å². The number of benzene rings is 2. The van der Waals surface area contributed by atoms with Crippen LogP contribution in [0.15, 0.2) is 30.3 Å². The van der Waals surface area contributed by atoms with Crippen molar-refractivity contribution in [2.75, 3.05) is 14.2 Å². The average molecular weight is 326 g/mol. The Morgan fingerprint density at radius 3 is 2.29 bits per heavy atom. The highest BCUT2D eigenvalue weighted by Gasteiger charge is 2.21. The highest BCUT2D eigenvalue weighted by Crippen LogP contribution is 2.41. The lowest BCUT2D eigenvalue weighted by Gasteiger charge is -2.20. The zero-order valence-corrected chi connectivity index (χ0v) is 13.6. The highest BCUT2D eigenvalue weighted by atomic mass is 35.5. The minimum atomic E-state index is -0.434. The quantitative estimate of drug-likeness (QED) is 0.907. The number of rotatable bonds is 4. The summed E-state index contributed by atoms with van der Waals surface area (Å²) in [6, 6.07) is 8.94. The minimum absolute atomic E-state index is 0.400. The van der Waals surface area contributed by atoms with Gasteiger partial charge in [-0.1, -0.05) is 41.4 Å². The molecule has 3 nitrogen and oxygen atoms in total. The Morgan fingerprint density at radius 2 is 1.67 bits per heavy atom. The van der Waals surface area contributed by atoms with Gasteiger partial charge >= 0.3 is 0 Å². The van der Waals surface area contributed by atoms with Crippen molar-refractivity contribution in [3.8, 4) is 11.5 Å². The first-order chi connectivity index (χ1) is 10.0. The van der Waals surface area contributed by atoms with Crippen LogP contribution in [-0.4, -0.2) is 14.2 Å². The van der Waals surface area contributed by atoms with Crippen LogP contribution in [0.4, 0.5) is 0 Å². The molecule has 2 aromatic carbocycles. The van der Waals surface area contributed by atoms with Gasteiger partial charge in [0.05, 0.1) is 20.3 Å². The smallest absolute Gasteiger partial charge is 0.146 e. The minimum Gasteiger partial charge on any atom is -0.495 e. The van der Waals surface area contributed by atoms with Gasteiger partial charge < -0.3 is 15.2 Å². The van der Waals surface area contributed by atoms with E-state index < -0.39 is 6.04 Å². The molecule has 0 heterocycles. The van der Waals surface area contributed by atoms with E-state index in [1.54, 1.807) is 20.3 Å². The Bertz CT molecular complexity index is 659. The first-order valence-electron chi connectivity index (χ1n) is 6.42. The molecule has 0 spiro atoms. The third kappa shape index (κ3) is 2.95. The second-order valence-corrected chi connectivity index (χ2v) is 5.42. The lowest BCUT2D eigenvalue weighted by molar-refractivity contribution is 0.390. The summed E-state index contributed by atoms with van der Waals surface area (Å²) < 4.78 is 10.6. The maximum atomic E-state index is 6.36. The van der Waals surface area contributed by atoms with Crippen molar-refractivity contribution in [1.82, 2.24) is 0 Å². The summed E-state index contributed by atoms with van der Waals surface area (Å²) in [5.41, 5.74) is 8.92. The summed E-state index contributed by atoms with van der Waals surface area (Å²) in [6.45, 7) is 1.94. The fourth-order valence-corrected chi connectivity index (χ4v) is 2.81. The van der Waals surface area contributed by atoms with Crippen LogP contribution in [0.3, 0.4) is 0 Å². The van der Waals surface area contributed by atoms with Gasteiger partial charge in [0.25, 0.3) is 0 Å². The van der Waals surface area contributed by atoms with Crippen molar-refractivity contribution in [3.05, 3.63) is 57.1 Å². The van der Waals surface area contributed by atoms with Gasteiger partial charge in [0.1, 0.15) is 16.5 Å². The van der Waals surface area contributed by atoms with Gasteiger partial charge in [0.15, 0.2) is 0 Å². The lowest BCUT2D eigenvalue weighted by Crippen LogP contribution is -2.14. The van der Waals surface area contributed by atoms with Crippen molar-refractivity contribution in [1.29, 1.82) is 0 Å². The molecule has 2 aromatic rings. The van der Waals surface area contributed by atoms with Gasteiger partial charge in [0.2, 0.25) is 0 Å². The third-order valence-electron chi connectivity index (χ3n) is 3.41. The molecule has 0 fully saturated rings. The van der Waals surface area contributed by atoms with Crippen molar-refractivity contribution in [2.45, 2.75) is 13.0 Å². The SMILES string of the molecule is COc1ccc(C(N)c2cccc(C)c2Cl)c(OC)c1Cl. The zero-order chi connectivity index (χ0) is 15.6. The molecule has 1 atom stereocenters. The number of nitrogens with two attached hydrogens (primary N) is 1. The van der Waals surface area contributed by atoms with E-state index in [-0.39, 0.29) is 0 Å². The van der Waals surface area contributed by atoms with E-state index in [4.69, 9.17) is 38.4 Å². The molecule has 0 aliphatic carbocycles. The Morgan fingerprint density at radius 1 is 0.952 bits per heavy atom. The number of hydrogen-bond acceptors (Lipinski definition) is 3. The zero-order valence-electron chi connectivity index (χ0n) is 12.1. The molecule has 5 heteroatoms. The third-order valence-corrected chi connectivity index (χ3v) is 4.28. The van der Waals surface area contributed by atoms with Gasteiger partial charge in [-0.2, -0.15) is 0 Å². The molecular weight excluding hydrogens is 309 g/mol. The van der Waals surface area contributed by atoms with E-state index in [9.17, 15) is 0 Å². The normalized spacial score (nSPS) is 12.1. The summed E-state index contributed by atoms with van der Waals surface area (Å²) in [5.74, 6) is 1.04. The Labute approximate surface area is 134 Å². The number of ether oxygens (including phenoxy) is 2. The first kappa shape index (κ1) is 16.0. The number of halogens is 2. The number of hydrogen-bond donors (Lipinski definition) is 1. The molecule has 2 rings (SSSR count). The lowest BCUT2D eigenvalue weighted by atomic mass is 9.97. The van der Waals surface area contributed by atoms with Crippen molar-refractivity contribution in [3.63, 3.8) is 0 Å². The molecule has 0 amide bonds. The van der Waals surface area contributed by atoms with Crippen LogP contribution in [-0.2, 0) is 0 Å². The Hall–Kier alpha value is -1.42. The molecule has 0 aliphatic heterocycles. The predicted molar refractivity (Wildman–Crippen MR) is 86.8 cm³/mol. The fourth-order valence-electron chi connectivity index (χ4n) is 2.24. The van der Waals surface area contributed by atoms with Crippen LogP contribution in [0, 0.1) is 6.92 Å². The molecule has 0 saturated carbocycles. The standard InChI is InChI=1S/C16H17Cl2NO2/c1-9-5-4-6-10(13(9)17)15(19)11-7-8-12(20-2)14(18)16(11)21-3/h4-8,15H,19H2,1-3H3. The van der Waals surface area contributed by atoms with Gasteiger partial charge in [-0.3, -0.25) is 0 Å². The van der Waals surface area contributed by atoms with Crippen LogP contribution in [0.2, 0.25) is 10.0 Å². The van der Waals surface area contributed by atoms with E-state index in [2.05, 4.69) is 0 Å². The molecule has 21 heavy (non-hydrogen) atoms. The topological polar surface area (TPSA) is 44.5 Å². The average Bonchev–Trinajstić information content (AvgIpc) is 2.49. The summed E-state index contributed by atoms with van der Waals surface area (Å²) in [4.78, 5) is 0. The summed E-state index contributed by atoms with van der Waals surface area (Å²) in [6.07, 6.45) is 0. The second kappa shape index (κ2) is 6.56. The second-order valence-electron chi connectivity index (χ2n) is 4.66. The predicted octanol–water partition coefficient (Wildman–Crippen LogP) is 4.37. The fraction of sp³-hybridized carbons (Fsp3) is 0.250. The highest BCUT2D eigenvalue weighted by molar-refractivity contribution is 6.33.